The minimum Gasteiger partial charge on any atom is -0.122 e. The molecule has 0 bridgehead atoms. The summed E-state index contributed by atoms with van der Waals surface area (Å²) in [6.45, 7) is 4.37. The summed E-state index contributed by atoms with van der Waals surface area (Å²) in [6.07, 6.45) is 0. The van der Waals surface area contributed by atoms with E-state index in [1.165, 1.54) is 11.1 Å². The van der Waals surface area contributed by atoms with Gasteiger partial charge in [0.2, 0.25) is 0 Å². The predicted molar refractivity (Wildman–Crippen MR) is 50.1 cm³/mol. The average Bonchev–Trinajstić information content (AvgIpc) is 2.04. The van der Waals surface area contributed by atoms with E-state index in [0.717, 1.165) is 0 Å². The topological polar surface area (TPSA) is 0 Å². The SMILES string of the molecule is CC(C)c1ccccc1CCl. The van der Waals surface area contributed by atoms with Crippen LogP contribution in [0.15, 0.2) is 24.3 Å². The van der Waals surface area contributed by atoms with Gasteiger partial charge in [-0.1, -0.05) is 38.1 Å². The van der Waals surface area contributed by atoms with E-state index in [4.69, 9.17) is 11.6 Å². The molecule has 60 valence electrons. The van der Waals surface area contributed by atoms with Crippen molar-refractivity contribution < 1.29 is 0 Å². The van der Waals surface area contributed by atoms with Gasteiger partial charge < -0.3 is 0 Å². The predicted octanol–water partition coefficient (Wildman–Crippen LogP) is 3.55. The zero-order valence-corrected chi connectivity index (χ0v) is 7.73. The van der Waals surface area contributed by atoms with E-state index in [1.807, 2.05) is 6.07 Å². The zero-order valence-electron chi connectivity index (χ0n) is 6.97. The van der Waals surface area contributed by atoms with Crippen LogP contribution in [0.3, 0.4) is 0 Å². The summed E-state index contributed by atoms with van der Waals surface area (Å²) in [6, 6.07) is 8.32. The Kier molecular flexibility index (Phi) is 2.95. The molecule has 0 aliphatic heterocycles. The van der Waals surface area contributed by atoms with Gasteiger partial charge in [-0.25, -0.2) is 0 Å². The second-order valence-electron chi connectivity index (χ2n) is 2.99. The Morgan fingerprint density at radius 2 is 1.91 bits per heavy atom. The molecule has 0 amide bonds. The smallest absolute Gasteiger partial charge is 0.0476 e. The molecule has 1 aromatic rings. The monoisotopic (exact) mass is 168 g/mol. The van der Waals surface area contributed by atoms with Crippen LogP contribution < -0.4 is 0 Å². The van der Waals surface area contributed by atoms with E-state index < -0.39 is 0 Å². The molecular formula is C10H13Cl. The van der Waals surface area contributed by atoms with Crippen LogP contribution in [0.4, 0.5) is 0 Å². The molecule has 0 aliphatic rings. The minimum absolute atomic E-state index is 0.574. The molecule has 0 saturated carbocycles. The first-order valence-electron chi connectivity index (χ1n) is 3.89. The van der Waals surface area contributed by atoms with Crippen molar-refractivity contribution in [1.29, 1.82) is 0 Å². The summed E-state index contributed by atoms with van der Waals surface area (Å²) in [7, 11) is 0. The largest absolute Gasteiger partial charge is 0.122 e. The molecule has 0 unspecified atom stereocenters. The van der Waals surface area contributed by atoms with Gasteiger partial charge in [0.05, 0.1) is 0 Å². The number of benzene rings is 1. The lowest BCUT2D eigenvalue weighted by Gasteiger charge is -2.09. The molecule has 0 saturated heterocycles. The molecule has 11 heavy (non-hydrogen) atoms. The van der Waals surface area contributed by atoms with Gasteiger partial charge >= 0.3 is 0 Å². The number of hydrogen-bond donors (Lipinski definition) is 0. The van der Waals surface area contributed by atoms with E-state index >= 15 is 0 Å². The van der Waals surface area contributed by atoms with Crippen molar-refractivity contribution in [1.82, 2.24) is 0 Å². The second-order valence-corrected chi connectivity index (χ2v) is 3.25. The quantitative estimate of drug-likeness (QED) is 0.593. The van der Waals surface area contributed by atoms with Crippen LogP contribution >= 0.6 is 11.6 Å². The van der Waals surface area contributed by atoms with Gasteiger partial charge in [0, 0.05) is 5.88 Å². The van der Waals surface area contributed by atoms with Crippen molar-refractivity contribution in [3.8, 4) is 0 Å². The molecule has 0 nitrogen and oxygen atoms in total. The minimum atomic E-state index is 0.574. The fraction of sp³-hybridized carbons (Fsp3) is 0.400. The number of hydrogen-bond acceptors (Lipinski definition) is 0. The van der Waals surface area contributed by atoms with Gasteiger partial charge in [-0.2, -0.15) is 0 Å². The standard InChI is InChI=1S/C10H13Cl/c1-8(2)10-6-4-3-5-9(10)7-11/h3-6,8H,7H2,1-2H3. The van der Waals surface area contributed by atoms with E-state index in [2.05, 4.69) is 32.0 Å². The highest BCUT2D eigenvalue weighted by Gasteiger charge is 2.02. The van der Waals surface area contributed by atoms with Gasteiger partial charge in [0.1, 0.15) is 0 Å². The van der Waals surface area contributed by atoms with Crippen molar-refractivity contribution in [3.05, 3.63) is 35.4 Å². The Labute approximate surface area is 73.2 Å². The first kappa shape index (κ1) is 8.61. The molecule has 0 aromatic heterocycles. The molecule has 0 N–H and O–H groups in total. The van der Waals surface area contributed by atoms with Crippen LogP contribution in [-0.2, 0) is 5.88 Å². The number of rotatable bonds is 2. The Morgan fingerprint density at radius 1 is 1.27 bits per heavy atom. The second kappa shape index (κ2) is 3.77. The molecule has 0 fully saturated rings. The lowest BCUT2D eigenvalue weighted by atomic mass is 9.98. The highest BCUT2D eigenvalue weighted by atomic mass is 35.5. The molecule has 0 spiro atoms. The third-order valence-electron chi connectivity index (χ3n) is 1.82. The van der Waals surface area contributed by atoms with Gasteiger partial charge in [-0.15, -0.1) is 11.6 Å². The number of halogens is 1. The first-order chi connectivity index (χ1) is 5.25. The summed E-state index contributed by atoms with van der Waals surface area (Å²) >= 11 is 5.78. The fourth-order valence-electron chi connectivity index (χ4n) is 1.22. The zero-order chi connectivity index (χ0) is 8.27. The van der Waals surface area contributed by atoms with Crippen LogP contribution in [-0.4, -0.2) is 0 Å². The highest BCUT2D eigenvalue weighted by molar-refractivity contribution is 6.17. The molecule has 0 radical (unpaired) electrons. The maximum absolute atomic E-state index is 5.78. The molecule has 1 aromatic carbocycles. The summed E-state index contributed by atoms with van der Waals surface area (Å²) in [5.41, 5.74) is 2.62. The Hall–Kier alpha value is -0.490. The van der Waals surface area contributed by atoms with Crippen molar-refractivity contribution in [2.75, 3.05) is 0 Å². The average molecular weight is 169 g/mol. The molecule has 0 atom stereocenters. The third-order valence-corrected chi connectivity index (χ3v) is 2.11. The van der Waals surface area contributed by atoms with Crippen LogP contribution in [0.2, 0.25) is 0 Å². The number of alkyl halides is 1. The van der Waals surface area contributed by atoms with Crippen LogP contribution in [0.1, 0.15) is 30.9 Å². The van der Waals surface area contributed by atoms with Crippen molar-refractivity contribution >= 4 is 11.6 Å². The lowest BCUT2D eigenvalue weighted by molar-refractivity contribution is 0.854. The van der Waals surface area contributed by atoms with Crippen molar-refractivity contribution in [2.45, 2.75) is 25.6 Å². The Morgan fingerprint density at radius 3 is 2.36 bits per heavy atom. The maximum atomic E-state index is 5.78. The van der Waals surface area contributed by atoms with Gasteiger partial charge in [-0.3, -0.25) is 0 Å². The third kappa shape index (κ3) is 1.97. The maximum Gasteiger partial charge on any atom is 0.0476 e. The van der Waals surface area contributed by atoms with Crippen LogP contribution in [0, 0.1) is 0 Å². The van der Waals surface area contributed by atoms with Gasteiger partial charge in [-0.05, 0) is 17.0 Å². The van der Waals surface area contributed by atoms with E-state index in [9.17, 15) is 0 Å². The summed E-state index contributed by atoms with van der Waals surface area (Å²) in [5, 5.41) is 0. The summed E-state index contributed by atoms with van der Waals surface area (Å²) in [4.78, 5) is 0. The molecule has 1 heteroatoms. The van der Waals surface area contributed by atoms with E-state index in [-0.39, 0.29) is 0 Å². The van der Waals surface area contributed by atoms with Crippen LogP contribution in [0.25, 0.3) is 0 Å². The normalized spacial score (nSPS) is 10.5. The van der Waals surface area contributed by atoms with Crippen molar-refractivity contribution in [2.24, 2.45) is 0 Å². The Balaban J connectivity index is 3.02. The summed E-state index contributed by atoms with van der Waals surface area (Å²) < 4.78 is 0. The molecule has 1 rings (SSSR count). The fourth-order valence-corrected chi connectivity index (χ4v) is 1.46. The lowest BCUT2D eigenvalue weighted by Crippen LogP contribution is -1.92. The van der Waals surface area contributed by atoms with E-state index in [0.29, 0.717) is 11.8 Å². The summed E-state index contributed by atoms with van der Waals surface area (Å²) in [5.74, 6) is 1.19. The molecule has 0 aliphatic carbocycles. The first-order valence-corrected chi connectivity index (χ1v) is 4.43. The van der Waals surface area contributed by atoms with Gasteiger partial charge in [0.25, 0.3) is 0 Å². The van der Waals surface area contributed by atoms with Crippen molar-refractivity contribution in [3.63, 3.8) is 0 Å². The van der Waals surface area contributed by atoms with Crippen LogP contribution in [0.5, 0.6) is 0 Å². The molecular weight excluding hydrogens is 156 g/mol. The highest BCUT2D eigenvalue weighted by Crippen LogP contribution is 2.20. The molecule has 0 heterocycles. The van der Waals surface area contributed by atoms with Gasteiger partial charge in [0.15, 0.2) is 0 Å². The Bertz CT molecular complexity index is 228. The van der Waals surface area contributed by atoms with E-state index in [1.54, 1.807) is 0 Å².